The molecule has 1 aliphatic heterocycles. The molecule has 0 unspecified atom stereocenters. The van der Waals surface area contributed by atoms with E-state index >= 15 is 0 Å². The number of fused-ring (bicyclic) bond motifs is 3. The second kappa shape index (κ2) is 11.0. The maximum absolute atomic E-state index is 14.7. The van der Waals surface area contributed by atoms with Crippen LogP contribution in [-0.2, 0) is 11.3 Å². The van der Waals surface area contributed by atoms with Crippen molar-refractivity contribution in [1.29, 1.82) is 5.41 Å². The highest BCUT2D eigenvalue weighted by Crippen LogP contribution is 2.34. The summed E-state index contributed by atoms with van der Waals surface area (Å²) in [4.78, 5) is 13.7. The van der Waals surface area contributed by atoms with Crippen LogP contribution in [0, 0.1) is 17.0 Å². The lowest BCUT2D eigenvalue weighted by molar-refractivity contribution is 0.325. The third kappa shape index (κ3) is 5.30. The van der Waals surface area contributed by atoms with Gasteiger partial charge < -0.3 is 10.1 Å². The van der Waals surface area contributed by atoms with Gasteiger partial charge in [-0.15, -0.1) is 12.4 Å². The van der Waals surface area contributed by atoms with Crippen LogP contribution in [0.3, 0.4) is 0 Å². The highest BCUT2D eigenvalue weighted by Gasteiger charge is 2.25. The summed E-state index contributed by atoms with van der Waals surface area (Å²) in [5, 5.41) is 11.5. The van der Waals surface area contributed by atoms with Crippen LogP contribution in [0.15, 0.2) is 71.9 Å². The summed E-state index contributed by atoms with van der Waals surface area (Å²) in [5.41, 5.74) is 3.74. The standard InChI is InChI=1S/C27H20ClF2N5O.ClH/c1-2-36-26(31)15-6-9-18(10-7-15)34-27-33-14-16-13-32-25(23-21(29)4-3-5-22(23)30)20-12-17(28)8-11-19(20)24(16)35-27;/h3-12,14,31H,2,13H2,1H3,(H,33,34,35);1H. The lowest BCUT2D eigenvalue weighted by atomic mass is 9.95. The summed E-state index contributed by atoms with van der Waals surface area (Å²) in [6.45, 7) is 2.38. The van der Waals surface area contributed by atoms with Gasteiger partial charge in [-0.05, 0) is 55.5 Å². The first-order chi connectivity index (χ1) is 17.4. The Balaban J connectivity index is 0.00000320. The Morgan fingerprint density at radius 3 is 2.49 bits per heavy atom. The normalized spacial score (nSPS) is 11.8. The number of benzene rings is 3. The number of hydrogen-bond donors (Lipinski definition) is 2. The molecule has 2 N–H and O–H groups in total. The monoisotopic (exact) mass is 539 g/mol. The average molecular weight is 540 g/mol. The van der Waals surface area contributed by atoms with Crippen molar-refractivity contribution in [2.75, 3.05) is 11.9 Å². The minimum absolute atomic E-state index is 0. The number of halogens is 4. The molecule has 188 valence electrons. The van der Waals surface area contributed by atoms with Gasteiger partial charge in [0.15, 0.2) is 0 Å². The molecule has 0 atom stereocenters. The molecular formula is C27H21Cl2F2N5O. The Hall–Kier alpha value is -3.88. The first kappa shape index (κ1) is 26.2. The van der Waals surface area contributed by atoms with E-state index in [0.29, 0.717) is 45.5 Å². The van der Waals surface area contributed by atoms with Gasteiger partial charge in [0.1, 0.15) is 11.6 Å². The second-order valence-electron chi connectivity index (χ2n) is 7.98. The van der Waals surface area contributed by atoms with Crippen LogP contribution in [0.25, 0.3) is 11.3 Å². The Labute approximate surface area is 223 Å². The van der Waals surface area contributed by atoms with Crippen LogP contribution in [0.2, 0.25) is 5.02 Å². The molecule has 0 saturated carbocycles. The van der Waals surface area contributed by atoms with Crippen LogP contribution in [0.4, 0.5) is 20.4 Å². The van der Waals surface area contributed by atoms with Gasteiger partial charge in [-0.1, -0.05) is 23.7 Å². The van der Waals surface area contributed by atoms with Crippen molar-refractivity contribution in [3.63, 3.8) is 0 Å². The lowest BCUT2D eigenvalue weighted by Gasteiger charge is -2.13. The van der Waals surface area contributed by atoms with Crippen LogP contribution in [-0.4, -0.2) is 28.2 Å². The highest BCUT2D eigenvalue weighted by atomic mass is 35.5. The molecule has 0 fully saturated rings. The number of aromatic nitrogens is 2. The van der Waals surface area contributed by atoms with Gasteiger partial charge in [-0.2, -0.15) is 0 Å². The maximum Gasteiger partial charge on any atom is 0.227 e. The Morgan fingerprint density at radius 1 is 1.05 bits per heavy atom. The van der Waals surface area contributed by atoms with Crippen molar-refractivity contribution in [2.24, 2.45) is 4.99 Å². The molecule has 4 aromatic rings. The second-order valence-corrected chi connectivity index (χ2v) is 8.42. The van der Waals surface area contributed by atoms with Crippen molar-refractivity contribution in [2.45, 2.75) is 13.5 Å². The molecule has 0 radical (unpaired) electrons. The van der Waals surface area contributed by atoms with Gasteiger partial charge in [0.2, 0.25) is 11.8 Å². The van der Waals surface area contributed by atoms with Crippen LogP contribution in [0.5, 0.6) is 0 Å². The summed E-state index contributed by atoms with van der Waals surface area (Å²) >= 11 is 6.27. The molecule has 0 bridgehead atoms. The van der Waals surface area contributed by atoms with Crippen molar-refractivity contribution in [3.05, 3.63) is 106 Å². The zero-order chi connectivity index (χ0) is 25.2. The largest absolute Gasteiger partial charge is 0.478 e. The quantitative estimate of drug-likeness (QED) is 0.212. The lowest BCUT2D eigenvalue weighted by Crippen LogP contribution is -2.10. The predicted molar refractivity (Wildman–Crippen MR) is 144 cm³/mol. The van der Waals surface area contributed by atoms with Crippen molar-refractivity contribution in [1.82, 2.24) is 9.97 Å². The number of nitrogens with zero attached hydrogens (tertiary/aromatic N) is 3. The fourth-order valence-electron chi connectivity index (χ4n) is 3.98. The van der Waals surface area contributed by atoms with E-state index in [-0.39, 0.29) is 36.1 Å². The van der Waals surface area contributed by atoms with E-state index in [9.17, 15) is 8.78 Å². The van der Waals surface area contributed by atoms with Crippen LogP contribution < -0.4 is 5.32 Å². The van der Waals surface area contributed by atoms with E-state index in [1.165, 1.54) is 18.2 Å². The first-order valence-electron chi connectivity index (χ1n) is 11.2. The van der Waals surface area contributed by atoms with E-state index in [1.807, 2.05) is 6.92 Å². The van der Waals surface area contributed by atoms with E-state index in [1.54, 1.807) is 48.7 Å². The number of ether oxygens (including phenoxy) is 1. The Kier molecular flexibility index (Phi) is 7.80. The molecule has 5 rings (SSSR count). The topological polar surface area (TPSA) is 83.2 Å². The molecule has 0 saturated heterocycles. The summed E-state index contributed by atoms with van der Waals surface area (Å²) in [7, 11) is 0. The van der Waals surface area contributed by atoms with Gasteiger partial charge in [-0.3, -0.25) is 10.4 Å². The summed E-state index contributed by atoms with van der Waals surface area (Å²) < 4.78 is 34.6. The highest BCUT2D eigenvalue weighted by molar-refractivity contribution is 6.31. The molecule has 0 aliphatic carbocycles. The molecule has 0 amide bonds. The first-order valence-corrected chi connectivity index (χ1v) is 11.6. The van der Waals surface area contributed by atoms with Gasteiger partial charge >= 0.3 is 0 Å². The van der Waals surface area contributed by atoms with Crippen LogP contribution in [0.1, 0.15) is 29.2 Å². The number of anilines is 2. The molecular weight excluding hydrogens is 519 g/mol. The number of hydrogen-bond acceptors (Lipinski definition) is 6. The molecule has 2 heterocycles. The zero-order valence-electron chi connectivity index (χ0n) is 19.6. The average Bonchev–Trinajstić information content (AvgIpc) is 3.01. The smallest absolute Gasteiger partial charge is 0.227 e. The van der Waals surface area contributed by atoms with Gasteiger partial charge in [0, 0.05) is 39.2 Å². The molecule has 0 spiro atoms. The third-order valence-electron chi connectivity index (χ3n) is 5.66. The molecule has 1 aromatic heterocycles. The minimum atomic E-state index is -0.708. The SMILES string of the molecule is CCOC(=N)c1ccc(Nc2ncc3c(n2)-c2ccc(Cl)cc2C(c2c(F)cccc2F)=NC3)cc1.Cl. The summed E-state index contributed by atoms with van der Waals surface area (Å²) in [6.07, 6.45) is 1.65. The Bertz CT molecular complexity index is 1490. The predicted octanol–water partition coefficient (Wildman–Crippen LogP) is 6.95. The summed E-state index contributed by atoms with van der Waals surface area (Å²) in [5.74, 6) is -0.981. The van der Waals surface area contributed by atoms with E-state index in [2.05, 4.69) is 15.3 Å². The van der Waals surface area contributed by atoms with Crippen molar-refractivity contribution < 1.29 is 13.5 Å². The number of aliphatic imine (C=N–C) groups is 1. The fraction of sp³-hybridized carbons (Fsp3) is 0.111. The zero-order valence-corrected chi connectivity index (χ0v) is 21.1. The molecule has 1 aliphatic rings. The van der Waals surface area contributed by atoms with Gasteiger partial charge in [0.05, 0.1) is 30.1 Å². The molecule has 6 nitrogen and oxygen atoms in total. The van der Waals surface area contributed by atoms with Gasteiger partial charge in [0.25, 0.3) is 0 Å². The third-order valence-corrected chi connectivity index (χ3v) is 5.89. The minimum Gasteiger partial charge on any atom is -0.478 e. The van der Waals surface area contributed by atoms with Crippen LogP contribution >= 0.6 is 24.0 Å². The van der Waals surface area contributed by atoms with E-state index < -0.39 is 11.6 Å². The fourth-order valence-corrected chi connectivity index (χ4v) is 4.16. The van der Waals surface area contributed by atoms with Crippen molar-refractivity contribution >= 4 is 47.3 Å². The summed E-state index contributed by atoms with van der Waals surface area (Å²) in [6, 6.07) is 16.0. The van der Waals surface area contributed by atoms with Crippen molar-refractivity contribution in [3.8, 4) is 11.3 Å². The Morgan fingerprint density at radius 2 is 1.78 bits per heavy atom. The number of rotatable bonds is 5. The number of nitrogens with one attached hydrogen (secondary N) is 2. The van der Waals surface area contributed by atoms with E-state index in [4.69, 9.17) is 26.7 Å². The van der Waals surface area contributed by atoms with Gasteiger partial charge in [-0.25, -0.2) is 18.7 Å². The van der Waals surface area contributed by atoms with E-state index in [0.717, 1.165) is 5.69 Å². The molecule has 3 aromatic carbocycles. The molecule has 10 heteroatoms. The maximum atomic E-state index is 14.7. The molecule has 37 heavy (non-hydrogen) atoms.